The molecule has 0 spiro atoms. The van der Waals surface area contributed by atoms with Gasteiger partial charge in [-0.25, -0.2) is 0 Å². The quantitative estimate of drug-likeness (QED) is 0.567. The van der Waals surface area contributed by atoms with E-state index >= 15 is 0 Å². The highest BCUT2D eigenvalue weighted by Gasteiger charge is 2.46. The number of fused-ring (bicyclic) bond motifs is 5. The first-order valence-electron chi connectivity index (χ1n) is 6.17. The summed E-state index contributed by atoms with van der Waals surface area (Å²) in [6, 6.07) is 9.28. The number of esters is 1. The topological polar surface area (TPSA) is 76.0 Å². The minimum absolute atomic E-state index is 0.0307. The van der Waals surface area contributed by atoms with E-state index in [-0.39, 0.29) is 11.5 Å². The lowest BCUT2D eigenvalue weighted by atomic mass is 9.89. The largest absolute Gasteiger partial charge is 0.508 e. The van der Waals surface area contributed by atoms with Crippen LogP contribution in [0.4, 0.5) is 0 Å². The SMILES string of the molecule is O=C1Oc2cc(O)ccc2C2Oc3cc(O)ccc3C12. The van der Waals surface area contributed by atoms with Crippen molar-refractivity contribution in [3.05, 3.63) is 47.5 Å². The molecule has 2 aromatic carbocycles. The van der Waals surface area contributed by atoms with Gasteiger partial charge in [-0.05, 0) is 18.2 Å². The molecule has 2 aromatic rings. The number of rotatable bonds is 0. The number of carbonyl (C=O) groups is 1. The number of benzene rings is 2. The third kappa shape index (κ3) is 1.40. The lowest BCUT2D eigenvalue weighted by molar-refractivity contribution is -0.139. The summed E-state index contributed by atoms with van der Waals surface area (Å²) in [5.41, 5.74) is 1.42. The smallest absolute Gasteiger partial charge is 0.323 e. The Morgan fingerprint density at radius 1 is 0.900 bits per heavy atom. The van der Waals surface area contributed by atoms with E-state index in [2.05, 4.69) is 0 Å². The zero-order valence-corrected chi connectivity index (χ0v) is 10.2. The number of phenols is 2. The van der Waals surface area contributed by atoms with Crippen LogP contribution in [0.5, 0.6) is 23.0 Å². The molecule has 0 radical (unpaired) electrons. The lowest BCUT2D eigenvalue weighted by Crippen LogP contribution is -2.28. The first-order chi connectivity index (χ1) is 9.63. The van der Waals surface area contributed by atoms with E-state index in [1.54, 1.807) is 12.1 Å². The normalized spacial score (nSPS) is 22.3. The average Bonchev–Trinajstić information content (AvgIpc) is 2.77. The first-order valence-corrected chi connectivity index (χ1v) is 6.17. The average molecular weight is 270 g/mol. The van der Waals surface area contributed by atoms with E-state index < -0.39 is 18.0 Å². The lowest BCUT2D eigenvalue weighted by Gasteiger charge is -2.25. The Morgan fingerprint density at radius 2 is 1.55 bits per heavy atom. The summed E-state index contributed by atoms with van der Waals surface area (Å²) in [6.07, 6.45) is -0.483. The van der Waals surface area contributed by atoms with Gasteiger partial charge in [0.2, 0.25) is 0 Å². The van der Waals surface area contributed by atoms with Crippen LogP contribution in [0.3, 0.4) is 0 Å². The highest BCUT2D eigenvalue weighted by molar-refractivity contribution is 5.86. The summed E-state index contributed by atoms with van der Waals surface area (Å²) in [5.74, 6) is -0.0452. The molecule has 2 atom stereocenters. The van der Waals surface area contributed by atoms with Crippen molar-refractivity contribution in [3.63, 3.8) is 0 Å². The van der Waals surface area contributed by atoms with Gasteiger partial charge in [-0.1, -0.05) is 6.07 Å². The molecular formula is C15H10O5. The Morgan fingerprint density at radius 3 is 2.30 bits per heavy atom. The van der Waals surface area contributed by atoms with Crippen LogP contribution >= 0.6 is 0 Å². The molecule has 2 N–H and O–H groups in total. The zero-order chi connectivity index (χ0) is 13.9. The summed E-state index contributed by atoms with van der Waals surface area (Å²) in [4.78, 5) is 12.2. The maximum Gasteiger partial charge on any atom is 0.323 e. The van der Waals surface area contributed by atoms with Crippen LogP contribution in [-0.2, 0) is 4.79 Å². The number of hydrogen-bond donors (Lipinski definition) is 2. The second-order valence-electron chi connectivity index (χ2n) is 4.88. The van der Waals surface area contributed by atoms with Crippen LogP contribution in [-0.4, -0.2) is 16.2 Å². The molecule has 0 saturated heterocycles. The van der Waals surface area contributed by atoms with E-state index in [4.69, 9.17) is 9.47 Å². The monoisotopic (exact) mass is 270 g/mol. The fraction of sp³-hybridized carbons (Fsp3) is 0.133. The second kappa shape index (κ2) is 3.66. The van der Waals surface area contributed by atoms with E-state index in [0.717, 1.165) is 0 Å². The number of carbonyl (C=O) groups excluding carboxylic acids is 1. The molecule has 2 aliphatic rings. The molecule has 0 fully saturated rings. The fourth-order valence-corrected chi connectivity index (χ4v) is 2.76. The van der Waals surface area contributed by atoms with E-state index in [9.17, 15) is 15.0 Å². The van der Waals surface area contributed by atoms with Gasteiger partial charge in [-0.15, -0.1) is 0 Å². The van der Waals surface area contributed by atoms with Crippen molar-refractivity contribution in [1.82, 2.24) is 0 Å². The van der Waals surface area contributed by atoms with Crippen molar-refractivity contribution in [2.24, 2.45) is 0 Å². The summed E-state index contributed by atoms with van der Waals surface area (Å²) in [7, 11) is 0. The zero-order valence-electron chi connectivity index (χ0n) is 10.2. The molecule has 2 aliphatic heterocycles. The minimum atomic E-state index is -0.539. The molecule has 5 nitrogen and oxygen atoms in total. The molecule has 2 unspecified atom stereocenters. The number of phenolic OH excluding ortho intramolecular Hbond substituents is 2. The Labute approximate surface area is 114 Å². The summed E-state index contributed by atoms with van der Waals surface area (Å²) in [5, 5.41) is 19.0. The van der Waals surface area contributed by atoms with Gasteiger partial charge in [-0.2, -0.15) is 0 Å². The minimum Gasteiger partial charge on any atom is -0.508 e. The van der Waals surface area contributed by atoms with Gasteiger partial charge in [0.05, 0.1) is 0 Å². The molecule has 0 saturated carbocycles. The van der Waals surface area contributed by atoms with Crippen LogP contribution in [0.25, 0.3) is 0 Å². The number of hydrogen-bond acceptors (Lipinski definition) is 5. The molecule has 5 heteroatoms. The van der Waals surface area contributed by atoms with Gasteiger partial charge < -0.3 is 19.7 Å². The van der Waals surface area contributed by atoms with Crippen LogP contribution in [0.2, 0.25) is 0 Å². The Bertz CT molecular complexity index is 737. The van der Waals surface area contributed by atoms with E-state index in [1.807, 2.05) is 0 Å². The van der Waals surface area contributed by atoms with Gasteiger partial charge in [0.25, 0.3) is 0 Å². The maximum atomic E-state index is 12.2. The molecule has 2 heterocycles. The van der Waals surface area contributed by atoms with Gasteiger partial charge in [0, 0.05) is 23.3 Å². The van der Waals surface area contributed by atoms with E-state index in [0.29, 0.717) is 22.6 Å². The number of ether oxygens (including phenoxy) is 2. The van der Waals surface area contributed by atoms with Gasteiger partial charge in [-0.3, -0.25) is 4.79 Å². The highest BCUT2D eigenvalue weighted by Crippen LogP contribution is 2.52. The maximum absolute atomic E-state index is 12.2. The predicted molar refractivity (Wildman–Crippen MR) is 68.0 cm³/mol. The fourth-order valence-electron chi connectivity index (χ4n) is 2.76. The van der Waals surface area contributed by atoms with Gasteiger partial charge in [0.1, 0.15) is 35.0 Å². The van der Waals surface area contributed by atoms with Crippen molar-refractivity contribution in [3.8, 4) is 23.0 Å². The van der Waals surface area contributed by atoms with Crippen molar-refractivity contribution in [2.45, 2.75) is 12.0 Å². The molecule has 20 heavy (non-hydrogen) atoms. The third-order valence-corrected chi connectivity index (χ3v) is 3.66. The highest BCUT2D eigenvalue weighted by atomic mass is 16.6. The Balaban J connectivity index is 1.88. The molecular weight excluding hydrogens is 260 g/mol. The second-order valence-corrected chi connectivity index (χ2v) is 4.88. The molecule has 4 rings (SSSR count). The molecule has 0 aliphatic carbocycles. The molecule has 0 amide bonds. The van der Waals surface area contributed by atoms with Crippen molar-refractivity contribution < 1.29 is 24.5 Å². The van der Waals surface area contributed by atoms with Crippen LogP contribution in [0.15, 0.2) is 36.4 Å². The summed E-state index contributed by atoms with van der Waals surface area (Å²) in [6.45, 7) is 0. The van der Waals surface area contributed by atoms with Gasteiger partial charge >= 0.3 is 5.97 Å². The van der Waals surface area contributed by atoms with Gasteiger partial charge in [0.15, 0.2) is 0 Å². The van der Waals surface area contributed by atoms with Crippen molar-refractivity contribution in [2.75, 3.05) is 0 Å². The van der Waals surface area contributed by atoms with E-state index in [1.165, 1.54) is 24.3 Å². The van der Waals surface area contributed by atoms with Crippen LogP contribution in [0, 0.1) is 0 Å². The summed E-state index contributed by atoms with van der Waals surface area (Å²) >= 11 is 0. The van der Waals surface area contributed by atoms with Crippen molar-refractivity contribution >= 4 is 5.97 Å². The third-order valence-electron chi connectivity index (χ3n) is 3.66. The van der Waals surface area contributed by atoms with Crippen LogP contribution in [0.1, 0.15) is 23.1 Å². The van der Waals surface area contributed by atoms with Crippen molar-refractivity contribution in [1.29, 1.82) is 0 Å². The molecule has 100 valence electrons. The molecule has 0 bridgehead atoms. The standard InChI is InChI=1S/C15H10O5/c16-7-1-3-9-11(5-7)19-14-10-4-2-8(17)6-12(10)20-15(18)13(9)14/h1-6,13-14,16-17H. The Hall–Kier alpha value is -2.69. The Kier molecular flexibility index (Phi) is 2.04. The first kappa shape index (κ1) is 11.2. The number of aromatic hydroxyl groups is 2. The molecule has 0 aromatic heterocycles. The predicted octanol–water partition coefficient (Wildman–Crippen LogP) is 2.23. The van der Waals surface area contributed by atoms with Crippen LogP contribution < -0.4 is 9.47 Å². The summed E-state index contributed by atoms with van der Waals surface area (Å²) < 4.78 is 11.1.